The first-order chi connectivity index (χ1) is 13.4. The minimum atomic E-state index is -0.508. The fourth-order valence-electron chi connectivity index (χ4n) is 3.70. The Morgan fingerprint density at radius 1 is 1.21 bits per heavy atom. The van der Waals surface area contributed by atoms with Crippen LogP contribution in [0.5, 0.6) is 0 Å². The Morgan fingerprint density at radius 2 is 2.00 bits per heavy atom. The molecule has 0 bridgehead atoms. The Hall–Kier alpha value is -3.19. The van der Waals surface area contributed by atoms with Crippen LogP contribution < -0.4 is 11.1 Å². The van der Waals surface area contributed by atoms with E-state index in [9.17, 15) is 4.79 Å². The SMILES string of the molecule is Cc1nc(NC(=O)N2CCC(N)(c3ccccc3)C2)ccc1-c1cnn(C)c1. The van der Waals surface area contributed by atoms with Crippen molar-refractivity contribution in [2.24, 2.45) is 12.8 Å². The molecule has 3 heterocycles. The van der Waals surface area contributed by atoms with Crippen molar-refractivity contribution in [1.29, 1.82) is 0 Å². The Morgan fingerprint density at radius 3 is 2.68 bits per heavy atom. The highest BCUT2D eigenvalue weighted by atomic mass is 16.2. The van der Waals surface area contributed by atoms with Gasteiger partial charge in [-0.1, -0.05) is 30.3 Å². The van der Waals surface area contributed by atoms with Gasteiger partial charge >= 0.3 is 6.03 Å². The normalized spacial score (nSPS) is 19.0. The number of hydrogen-bond acceptors (Lipinski definition) is 4. The van der Waals surface area contributed by atoms with E-state index in [4.69, 9.17) is 5.73 Å². The molecule has 7 heteroatoms. The number of likely N-dealkylation sites (tertiary alicyclic amines) is 1. The van der Waals surface area contributed by atoms with E-state index in [1.807, 2.05) is 62.6 Å². The molecule has 1 saturated heterocycles. The summed E-state index contributed by atoms with van der Waals surface area (Å²) in [5.41, 5.74) is 9.95. The molecule has 1 atom stereocenters. The van der Waals surface area contributed by atoms with Crippen LogP contribution in [0.25, 0.3) is 11.1 Å². The van der Waals surface area contributed by atoms with E-state index in [1.165, 1.54) is 0 Å². The maximum absolute atomic E-state index is 12.7. The number of pyridine rings is 1. The second-order valence-electron chi connectivity index (χ2n) is 7.36. The van der Waals surface area contributed by atoms with Gasteiger partial charge in [0.15, 0.2) is 0 Å². The van der Waals surface area contributed by atoms with Gasteiger partial charge in [-0.15, -0.1) is 0 Å². The van der Waals surface area contributed by atoms with Crippen molar-refractivity contribution in [3.05, 3.63) is 66.1 Å². The van der Waals surface area contributed by atoms with Crippen LogP contribution in [-0.2, 0) is 12.6 Å². The van der Waals surface area contributed by atoms with Gasteiger partial charge < -0.3 is 10.6 Å². The molecule has 1 unspecified atom stereocenters. The van der Waals surface area contributed by atoms with Crippen LogP contribution in [-0.4, -0.2) is 38.8 Å². The summed E-state index contributed by atoms with van der Waals surface area (Å²) in [6.07, 6.45) is 4.48. The van der Waals surface area contributed by atoms with E-state index in [0.717, 1.165) is 28.8 Å². The van der Waals surface area contributed by atoms with Crippen molar-refractivity contribution in [2.45, 2.75) is 18.9 Å². The molecule has 1 fully saturated rings. The van der Waals surface area contributed by atoms with Crippen LogP contribution in [0.3, 0.4) is 0 Å². The van der Waals surface area contributed by atoms with Gasteiger partial charge in [0.2, 0.25) is 0 Å². The van der Waals surface area contributed by atoms with Crippen molar-refractivity contribution >= 4 is 11.8 Å². The molecule has 3 aromatic rings. The highest BCUT2D eigenvalue weighted by molar-refractivity contribution is 5.89. The summed E-state index contributed by atoms with van der Waals surface area (Å²) in [5, 5.41) is 7.09. The molecule has 2 amide bonds. The first kappa shape index (κ1) is 18.2. The minimum Gasteiger partial charge on any atom is -0.322 e. The van der Waals surface area contributed by atoms with Crippen LogP contribution in [0.4, 0.5) is 10.6 Å². The quantitative estimate of drug-likeness (QED) is 0.736. The summed E-state index contributed by atoms with van der Waals surface area (Å²) >= 11 is 0. The molecule has 28 heavy (non-hydrogen) atoms. The third-order valence-corrected chi connectivity index (χ3v) is 5.27. The van der Waals surface area contributed by atoms with Crippen molar-refractivity contribution in [2.75, 3.05) is 18.4 Å². The van der Waals surface area contributed by atoms with Crippen LogP contribution in [0.2, 0.25) is 0 Å². The number of rotatable bonds is 3. The predicted octanol–water partition coefficient (Wildman–Crippen LogP) is 2.88. The van der Waals surface area contributed by atoms with Crippen molar-refractivity contribution < 1.29 is 4.79 Å². The fraction of sp³-hybridized carbons (Fsp3) is 0.286. The lowest BCUT2D eigenvalue weighted by Gasteiger charge is -2.25. The number of carbonyl (C=O) groups is 1. The molecule has 0 aliphatic carbocycles. The van der Waals surface area contributed by atoms with Crippen molar-refractivity contribution in [1.82, 2.24) is 19.7 Å². The second kappa shape index (κ2) is 7.09. The zero-order chi connectivity index (χ0) is 19.7. The van der Waals surface area contributed by atoms with Crippen LogP contribution in [0, 0.1) is 6.92 Å². The topological polar surface area (TPSA) is 89.1 Å². The average Bonchev–Trinajstić information content (AvgIpc) is 3.29. The lowest BCUT2D eigenvalue weighted by atomic mass is 9.90. The standard InChI is InChI=1S/C21H24N6O/c1-15-18(16-12-23-26(2)13-16)8-9-19(24-15)25-20(28)27-11-10-21(22,14-27)17-6-4-3-5-7-17/h3-9,12-13H,10-11,14,22H2,1-2H3,(H,24,25,28). The van der Waals surface area contributed by atoms with Crippen LogP contribution in [0.1, 0.15) is 17.7 Å². The third kappa shape index (κ3) is 3.48. The number of carbonyl (C=O) groups excluding carboxylic acids is 1. The summed E-state index contributed by atoms with van der Waals surface area (Å²) in [6, 6.07) is 13.5. The van der Waals surface area contributed by atoms with Gasteiger partial charge in [0, 0.05) is 43.2 Å². The smallest absolute Gasteiger partial charge is 0.322 e. The number of nitrogens with two attached hydrogens (primary N) is 1. The molecule has 0 spiro atoms. The van der Waals surface area contributed by atoms with Gasteiger partial charge in [-0.3, -0.25) is 10.00 Å². The zero-order valence-electron chi connectivity index (χ0n) is 16.1. The molecular formula is C21H24N6O. The minimum absolute atomic E-state index is 0.177. The summed E-state index contributed by atoms with van der Waals surface area (Å²) in [4.78, 5) is 19.0. The number of nitrogens with zero attached hydrogens (tertiary/aromatic N) is 4. The van der Waals surface area contributed by atoms with E-state index >= 15 is 0 Å². The number of benzene rings is 1. The van der Waals surface area contributed by atoms with Gasteiger partial charge in [0.1, 0.15) is 5.82 Å². The van der Waals surface area contributed by atoms with E-state index in [0.29, 0.717) is 18.9 Å². The number of aromatic nitrogens is 3. The molecule has 7 nitrogen and oxygen atoms in total. The maximum Gasteiger partial charge on any atom is 0.323 e. The van der Waals surface area contributed by atoms with Crippen LogP contribution in [0.15, 0.2) is 54.9 Å². The molecule has 0 radical (unpaired) electrons. The van der Waals surface area contributed by atoms with Gasteiger partial charge in [0.05, 0.1) is 11.7 Å². The molecule has 144 valence electrons. The first-order valence-corrected chi connectivity index (χ1v) is 9.32. The molecular weight excluding hydrogens is 352 g/mol. The summed E-state index contributed by atoms with van der Waals surface area (Å²) in [5.74, 6) is 0.532. The monoisotopic (exact) mass is 376 g/mol. The molecule has 0 saturated carbocycles. The fourth-order valence-corrected chi connectivity index (χ4v) is 3.70. The number of hydrogen-bond donors (Lipinski definition) is 2. The average molecular weight is 376 g/mol. The molecule has 1 aliphatic rings. The van der Waals surface area contributed by atoms with E-state index in [-0.39, 0.29) is 6.03 Å². The molecule has 3 N–H and O–H groups in total. The summed E-state index contributed by atoms with van der Waals surface area (Å²) in [7, 11) is 1.88. The predicted molar refractivity (Wildman–Crippen MR) is 109 cm³/mol. The van der Waals surface area contributed by atoms with Gasteiger partial charge in [-0.25, -0.2) is 9.78 Å². The van der Waals surface area contributed by atoms with Gasteiger partial charge in [0.25, 0.3) is 0 Å². The van der Waals surface area contributed by atoms with Crippen LogP contribution >= 0.6 is 0 Å². The van der Waals surface area contributed by atoms with Gasteiger partial charge in [-0.05, 0) is 31.0 Å². The van der Waals surface area contributed by atoms with Crippen molar-refractivity contribution in [3.63, 3.8) is 0 Å². The number of urea groups is 1. The molecule has 1 aliphatic heterocycles. The van der Waals surface area contributed by atoms with Crippen molar-refractivity contribution in [3.8, 4) is 11.1 Å². The largest absolute Gasteiger partial charge is 0.323 e. The number of anilines is 1. The number of nitrogens with one attached hydrogen (secondary N) is 1. The number of aryl methyl sites for hydroxylation is 2. The lowest BCUT2D eigenvalue weighted by Crippen LogP contribution is -2.42. The lowest BCUT2D eigenvalue weighted by molar-refractivity contribution is 0.219. The molecule has 4 rings (SSSR count). The van der Waals surface area contributed by atoms with E-state index in [2.05, 4.69) is 15.4 Å². The van der Waals surface area contributed by atoms with Gasteiger partial charge in [-0.2, -0.15) is 5.10 Å². The number of amides is 2. The zero-order valence-corrected chi connectivity index (χ0v) is 16.1. The Kier molecular flexibility index (Phi) is 4.60. The Balaban J connectivity index is 1.45. The molecule has 1 aromatic carbocycles. The van der Waals surface area contributed by atoms with E-state index in [1.54, 1.807) is 15.8 Å². The maximum atomic E-state index is 12.7. The Bertz CT molecular complexity index is 999. The highest BCUT2D eigenvalue weighted by Crippen LogP contribution is 2.30. The highest BCUT2D eigenvalue weighted by Gasteiger charge is 2.38. The second-order valence-corrected chi connectivity index (χ2v) is 7.36. The summed E-state index contributed by atoms with van der Waals surface area (Å²) in [6.45, 7) is 3.02. The first-order valence-electron chi connectivity index (χ1n) is 9.32. The Labute approximate surface area is 164 Å². The van der Waals surface area contributed by atoms with E-state index < -0.39 is 5.54 Å². The summed E-state index contributed by atoms with van der Waals surface area (Å²) < 4.78 is 1.75. The molecule has 2 aromatic heterocycles. The third-order valence-electron chi connectivity index (χ3n) is 5.27.